The van der Waals surface area contributed by atoms with Crippen molar-refractivity contribution < 1.29 is 42.5 Å². The van der Waals surface area contributed by atoms with E-state index in [2.05, 4.69) is 50.0 Å². The van der Waals surface area contributed by atoms with Gasteiger partial charge >= 0.3 is 23.9 Å². The largest absolute Gasteiger partial charge is 0.423 e. The quantitative estimate of drug-likeness (QED) is 0.0742. The number of rotatable bonds is 9. The number of halogens is 1. The minimum Gasteiger partial charge on any atom is -0.423 e. The molecule has 0 N–H and O–H groups in total. The standard InChI is InChI=1S/C44H33FO8/c1-26(2)41(46)50-35-20-12-31(13-21-35)14-24-37-38(52-43(48)28(5)6)25-34(39(45)40(37)53-44(49)29(7)8)17-11-30-9-15-32(16-10-30)33-18-22-36(23-19-33)51-42(47)27(3)4/h9-10,12-13,15-16,18-23,25H,1,3,5,7H2,2,4,6,8H3. The average molecular weight is 709 g/mol. The second-order valence-corrected chi connectivity index (χ2v) is 11.7. The molecule has 4 aromatic carbocycles. The molecule has 264 valence electrons. The van der Waals surface area contributed by atoms with Gasteiger partial charge in [-0.1, -0.05) is 74.3 Å². The van der Waals surface area contributed by atoms with Gasteiger partial charge in [0.2, 0.25) is 0 Å². The smallest absolute Gasteiger partial charge is 0.338 e. The minimum absolute atomic E-state index is 0.0252. The molecule has 0 atom stereocenters. The highest BCUT2D eigenvalue weighted by atomic mass is 19.1. The summed E-state index contributed by atoms with van der Waals surface area (Å²) in [4.78, 5) is 49.0. The van der Waals surface area contributed by atoms with E-state index < -0.39 is 35.4 Å². The van der Waals surface area contributed by atoms with E-state index in [0.29, 0.717) is 16.9 Å². The van der Waals surface area contributed by atoms with Crippen LogP contribution < -0.4 is 18.9 Å². The predicted molar refractivity (Wildman–Crippen MR) is 198 cm³/mol. The maximum atomic E-state index is 16.2. The van der Waals surface area contributed by atoms with E-state index in [-0.39, 0.29) is 44.9 Å². The fourth-order valence-electron chi connectivity index (χ4n) is 4.09. The van der Waals surface area contributed by atoms with Gasteiger partial charge < -0.3 is 18.9 Å². The molecule has 0 bridgehead atoms. The Labute approximate surface area is 306 Å². The van der Waals surface area contributed by atoms with Gasteiger partial charge in [0.15, 0.2) is 17.3 Å². The lowest BCUT2D eigenvalue weighted by molar-refractivity contribution is -0.131. The van der Waals surface area contributed by atoms with Crippen LogP contribution in [0, 0.1) is 29.5 Å². The number of benzene rings is 4. The van der Waals surface area contributed by atoms with E-state index in [9.17, 15) is 19.2 Å². The molecule has 0 aromatic heterocycles. The third kappa shape index (κ3) is 10.4. The second-order valence-electron chi connectivity index (χ2n) is 11.7. The van der Waals surface area contributed by atoms with Crippen LogP contribution in [-0.2, 0) is 19.2 Å². The highest BCUT2D eigenvalue weighted by Gasteiger charge is 2.24. The summed E-state index contributed by atoms with van der Waals surface area (Å²) in [5, 5.41) is 0. The number of ether oxygens (including phenoxy) is 4. The summed E-state index contributed by atoms with van der Waals surface area (Å²) < 4.78 is 37.6. The average Bonchev–Trinajstić information content (AvgIpc) is 3.12. The summed E-state index contributed by atoms with van der Waals surface area (Å²) >= 11 is 0. The van der Waals surface area contributed by atoms with Crippen molar-refractivity contribution in [3.63, 3.8) is 0 Å². The Bertz CT molecular complexity index is 2310. The zero-order valence-electron chi connectivity index (χ0n) is 29.5. The van der Waals surface area contributed by atoms with E-state index >= 15 is 4.39 Å². The number of carbonyl (C=O) groups is 4. The van der Waals surface area contributed by atoms with E-state index in [0.717, 1.165) is 11.1 Å². The molecule has 0 saturated carbocycles. The molecule has 4 rings (SSSR count). The number of esters is 4. The van der Waals surface area contributed by atoms with Crippen LogP contribution in [0.3, 0.4) is 0 Å². The summed E-state index contributed by atoms with van der Waals surface area (Å²) in [7, 11) is 0. The second kappa shape index (κ2) is 17.1. The van der Waals surface area contributed by atoms with Crippen LogP contribution in [0.15, 0.2) is 127 Å². The maximum Gasteiger partial charge on any atom is 0.338 e. The minimum atomic E-state index is -1.03. The Hall–Kier alpha value is -7.23. The predicted octanol–water partition coefficient (Wildman–Crippen LogP) is 8.22. The van der Waals surface area contributed by atoms with Gasteiger partial charge in [0.1, 0.15) is 17.1 Å². The first-order valence-electron chi connectivity index (χ1n) is 15.8. The molecule has 0 spiro atoms. The molecule has 8 nitrogen and oxygen atoms in total. The van der Waals surface area contributed by atoms with Crippen molar-refractivity contribution in [3.05, 3.63) is 156 Å². The van der Waals surface area contributed by atoms with E-state index in [1.165, 1.54) is 39.0 Å². The van der Waals surface area contributed by atoms with Crippen LogP contribution in [-0.4, -0.2) is 23.9 Å². The van der Waals surface area contributed by atoms with Crippen LogP contribution >= 0.6 is 0 Å². The van der Waals surface area contributed by atoms with Gasteiger partial charge in [0, 0.05) is 39.5 Å². The van der Waals surface area contributed by atoms with Gasteiger partial charge in [-0.25, -0.2) is 23.6 Å². The Balaban J connectivity index is 1.73. The molecule has 0 heterocycles. The summed E-state index contributed by atoms with van der Waals surface area (Å²) in [5.74, 6) is 7.02. The normalized spacial score (nSPS) is 9.91. The third-order valence-corrected chi connectivity index (χ3v) is 7.00. The van der Waals surface area contributed by atoms with Crippen molar-refractivity contribution in [1.82, 2.24) is 0 Å². The summed E-state index contributed by atoms with van der Waals surface area (Å²) in [6, 6.07) is 21.3. The molecule has 0 unspecified atom stereocenters. The van der Waals surface area contributed by atoms with Crippen molar-refractivity contribution in [2.75, 3.05) is 0 Å². The summed E-state index contributed by atoms with van der Waals surface area (Å²) in [6.07, 6.45) is 0. The van der Waals surface area contributed by atoms with Crippen molar-refractivity contribution in [2.45, 2.75) is 27.7 Å². The lowest BCUT2D eigenvalue weighted by atomic mass is 10.0. The Morgan fingerprint density at radius 2 is 0.887 bits per heavy atom. The maximum absolute atomic E-state index is 16.2. The van der Waals surface area contributed by atoms with Crippen molar-refractivity contribution in [2.24, 2.45) is 0 Å². The first kappa shape index (κ1) is 38.6. The Kier molecular flexibility index (Phi) is 12.5. The SMILES string of the molecule is C=C(C)C(=O)Oc1ccc(C#Cc2c(OC(=O)C(=C)C)cc(C#Cc3ccc(-c4ccc(OC(=O)C(=C)C)cc4)cc3)c(F)c2OC(=O)C(=C)C)cc1. The van der Waals surface area contributed by atoms with Crippen LogP contribution in [0.2, 0.25) is 0 Å². The van der Waals surface area contributed by atoms with Gasteiger partial charge in [-0.2, -0.15) is 0 Å². The first-order valence-corrected chi connectivity index (χ1v) is 15.8. The first-order chi connectivity index (χ1) is 25.1. The molecule has 9 heteroatoms. The van der Waals surface area contributed by atoms with Gasteiger partial charge in [0.25, 0.3) is 0 Å². The van der Waals surface area contributed by atoms with E-state index in [4.69, 9.17) is 18.9 Å². The topological polar surface area (TPSA) is 105 Å². The van der Waals surface area contributed by atoms with Crippen LogP contribution in [0.1, 0.15) is 49.9 Å². The molecular weight excluding hydrogens is 675 g/mol. The number of carbonyl (C=O) groups excluding carboxylic acids is 4. The number of hydrogen-bond donors (Lipinski definition) is 0. The van der Waals surface area contributed by atoms with Crippen LogP contribution in [0.5, 0.6) is 23.0 Å². The van der Waals surface area contributed by atoms with Gasteiger partial charge in [-0.05, 0) is 87.4 Å². The fourth-order valence-corrected chi connectivity index (χ4v) is 4.09. The molecule has 0 radical (unpaired) electrons. The zero-order chi connectivity index (χ0) is 38.8. The highest BCUT2D eigenvalue weighted by molar-refractivity contribution is 5.91. The monoisotopic (exact) mass is 708 g/mol. The van der Waals surface area contributed by atoms with Crippen molar-refractivity contribution in [1.29, 1.82) is 0 Å². The van der Waals surface area contributed by atoms with Gasteiger partial charge in [0.05, 0.1) is 5.56 Å². The molecule has 4 aromatic rings. The zero-order valence-corrected chi connectivity index (χ0v) is 29.5. The molecule has 0 aliphatic rings. The van der Waals surface area contributed by atoms with Crippen LogP contribution in [0.25, 0.3) is 11.1 Å². The van der Waals surface area contributed by atoms with E-state index in [1.807, 2.05) is 12.1 Å². The molecule has 0 aliphatic carbocycles. The molecule has 0 fully saturated rings. The lowest BCUT2D eigenvalue weighted by Gasteiger charge is -2.14. The van der Waals surface area contributed by atoms with Crippen molar-refractivity contribution in [3.8, 4) is 57.8 Å². The van der Waals surface area contributed by atoms with Gasteiger partial charge in [-0.3, -0.25) is 0 Å². The Morgan fingerprint density at radius 3 is 1.36 bits per heavy atom. The third-order valence-electron chi connectivity index (χ3n) is 7.00. The van der Waals surface area contributed by atoms with Gasteiger partial charge in [-0.15, -0.1) is 0 Å². The number of hydrogen-bond acceptors (Lipinski definition) is 8. The van der Waals surface area contributed by atoms with Crippen LogP contribution in [0.4, 0.5) is 4.39 Å². The Morgan fingerprint density at radius 1 is 0.509 bits per heavy atom. The lowest BCUT2D eigenvalue weighted by Crippen LogP contribution is -2.14. The molecule has 0 aliphatic heterocycles. The highest BCUT2D eigenvalue weighted by Crippen LogP contribution is 2.35. The fraction of sp³-hybridized carbons (Fsp3) is 0.0909. The van der Waals surface area contributed by atoms with E-state index in [1.54, 1.807) is 55.5 Å². The summed E-state index contributed by atoms with van der Waals surface area (Å²) in [5.41, 5.74) is 2.63. The van der Waals surface area contributed by atoms with Crippen molar-refractivity contribution >= 4 is 23.9 Å². The molecule has 53 heavy (non-hydrogen) atoms. The molecule has 0 saturated heterocycles. The molecule has 0 amide bonds. The molecular formula is C44H33FO8. The summed E-state index contributed by atoms with van der Waals surface area (Å²) in [6.45, 7) is 20.2.